The second-order valence-electron chi connectivity index (χ2n) is 6.76. The van der Waals surface area contributed by atoms with E-state index in [9.17, 15) is 9.90 Å². The third-order valence-electron chi connectivity index (χ3n) is 4.67. The van der Waals surface area contributed by atoms with Gasteiger partial charge in [0, 0.05) is 22.4 Å². The molecule has 0 amide bonds. The molecule has 0 heterocycles. The molecule has 0 unspecified atom stereocenters. The highest BCUT2D eigenvalue weighted by atomic mass is 35.5. The van der Waals surface area contributed by atoms with Gasteiger partial charge in [0.05, 0.1) is 0 Å². The van der Waals surface area contributed by atoms with Crippen LogP contribution in [0.25, 0.3) is 21.9 Å². The number of fused-ring (bicyclic) bond motifs is 1. The highest BCUT2D eigenvalue weighted by Crippen LogP contribution is 2.41. The number of rotatable bonds is 5. The fourth-order valence-corrected chi connectivity index (χ4v) is 3.28. The van der Waals surface area contributed by atoms with Crippen molar-refractivity contribution in [3.8, 4) is 34.1 Å². The molecule has 30 heavy (non-hydrogen) atoms. The maximum absolute atomic E-state index is 11.5. The molecule has 0 bridgehead atoms. The Bertz CT molecular complexity index is 1200. The van der Waals surface area contributed by atoms with E-state index in [1.807, 2.05) is 42.5 Å². The largest absolute Gasteiger partial charge is 0.508 e. The zero-order chi connectivity index (χ0) is 21.1. The van der Waals surface area contributed by atoms with E-state index in [4.69, 9.17) is 21.1 Å². The van der Waals surface area contributed by atoms with Crippen LogP contribution in [0.15, 0.2) is 78.9 Å². The maximum atomic E-state index is 11.5. The summed E-state index contributed by atoms with van der Waals surface area (Å²) in [5.41, 5.74) is 1.85. The summed E-state index contributed by atoms with van der Waals surface area (Å²) in [5, 5.41) is 12.2. The molecule has 0 saturated heterocycles. The Morgan fingerprint density at radius 1 is 0.900 bits per heavy atom. The van der Waals surface area contributed by atoms with Crippen molar-refractivity contribution in [2.45, 2.75) is 13.3 Å². The lowest BCUT2D eigenvalue weighted by Gasteiger charge is -2.15. The number of phenolic OH excluding ortho intramolecular Hbond substituents is 1. The molecule has 0 fully saturated rings. The number of carbonyl (C=O) groups is 1. The van der Waals surface area contributed by atoms with Gasteiger partial charge in [0.2, 0.25) is 0 Å². The first-order chi connectivity index (χ1) is 14.5. The van der Waals surface area contributed by atoms with Crippen molar-refractivity contribution >= 4 is 28.3 Å². The standard InChI is InChI=1S/C25H19ClO4/c1-2-24(28)29-20-9-11-21(12-10-20)30-25-22(16-3-6-18(26)7-4-16)13-5-17-15-19(27)8-14-23(17)25/h3-15,27H,2H2,1H3. The SMILES string of the molecule is CCC(=O)Oc1ccc(Oc2c(-c3ccc(Cl)cc3)ccc3cc(O)ccc23)cc1. The second kappa shape index (κ2) is 8.47. The molecule has 0 atom stereocenters. The molecule has 0 saturated carbocycles. The van der Waals surface area contributed by atoms with Crippen molar-refractivity contribution in [2.24, 2.45) is 0 Å². The number of phenols is 1. The van der Waals surface area contributed by atoms with Gasteiger partial charge in [-0.25, -0.2) is 0 Å². The molecular weight excluding hydrogens is 400 g/mol. The van der Waals surface area contributed by atoms with Gasteiger partial charge < -0.3 is 14.6 Å². The van der Waals surface area contributed by atoms with E-state index < -0.39 is 0 Å². The fraction of sp³-hybridized carbons (Fsp3) is 0.0800. The van der Waals surface area contributed by atoms with Crippen LogP contribution in [0.1, 0.15) is 13.3 Å². The highest BCUT2D eigenvalue weighted by Gasteiger charge is 2.13. The number of halogens is 1. The summed E-state index contributed by atoms with van der Waals surface area (Å²) in [7, 11) is 0. The van der Waals surface area contributed by atoms with E-state index >= 15 is 0 Å². The summed E-state index contributed by atoms with van der Waals surface area (Å²) >= 11 is 6.05. The number of ether oxygens (including phenoxy) is 2. The van der Waals surface area contributed by atoms with E-state index in [1.165, 1.54) is 0 Å². The monoisotopic (exact) mass is 418 g/mol. The number of aromatic hydroxyl groups is 1. The van der Waals surface area contributed by atoms with Crippen LogP contribution < -0.4 is 9.47 Å². The van der Waals surface area contributed by atoms with Gasteiger partial charge >= 0.3 is 5.97 Å². The van der Waals surface area contributed by atoms with Gasteiger partial charge in [0.25, 0.3) is 0 Å². The van der Waals surface area contributed by atoms with Crippen molar-refractivity contribution in [3.63, 3.8) is 0 Å². The van der Waals surface area contributed by atoms with Gasteiger partial charge in [-0.05, 0) is 71.6 Å². The van der Waals surface area contributed by atoms with Gasteiger partial charge in [-0.2, -0.15) is 0 Å². The molecule has 4 rings (SSSR count). The van der Waals surface area contributed by atoms with Crippen LogP contribution in [0.5, 0.6) is 23.0 Å². The number of carbonyl (C=O) groups excluding carboxylic acids is 1. The molecule has 0 aliphatic rings. The predicted octanol–water partition coefficient (Wildman–Crippen LogP) is 6.97. The molecule has 0 aliphatic carbocycles. The fourth-order valence-electron chi connectivity index (χ4n) is 3.15. The predicted molar refractivity (Wildman–Crippen MR) is 119 cm³/mol. The Hall–Kier alpha value is -3.50. The molecule has 0 aliphatic heterocycles. The summed E-state index contributed by atoms with van der Waals surface area (Å²) < 4.78 is 11.5. The third-order valence-corrected chi connectivity index (χ3v) is 4.93. The third kappa shape index (κ3) is 4.24. The molecule has 4 nitrogen and oxygen atoms in total. The first-order valence-corrected chi connectivity index (χ1v) is 9.91. The molecule has 0 aromatic heterocycles. The maximum Gasteiger partial charge on any atom is 0.310 e. The Balaban J connectivity index is 1.76. The summed E-state index contributed by atoms with van der Waals surface area (Å²) in [6.45, 7) is 1.75. The van der Waals surface area contributed by atoms with E-state index in [0.29, 0.717) is 28.7 Å². The lowest BCUT2D eigenvalue weighted by atomic mass is 9.99. The molecule has 0 radical (unpaired) electrons. The lowest BCUT2D eigenvalue weighted by Crippen LogP contribution is -2.05. The number of hydrogen-bond donors (Lipinski definition) is 1. The van der Waals surface area contributed by atoms with Crippen LogP contribution in [-0.4, -0.2) is 11.1 Å². The van der Waals surface area contributed by atoms with Crippen molar-refractivity contribution in [3.05, 3.63) is 83.9 Å². The van der Waals surface area contributed by atoms with Gasteiger partial charge in [0.1, 0.15) is 23.0 Å². The number of benzene rings is 4. The van der Waals surface area contributed by atoms with Crippen molar-refractivity contribution in [1.82, 2.24) is 0 Å². The molecule has 150 valence electrons. The molecule has 5 heteroatoms. The van der Waals surface area contributed by atoms with E-state index in [0.717, 1.165) is 21.9 Å². The van der Waals surface area contributed by atoms with Crippen molar-refractivity contribution in [2.75, 3.05) is 0 Å². The van der Waals surface area contributed by atoms with Gasteiger partial charge in [-0.15, -0.1) is 0 Å². The van der Waals surface area contributed by atoms with E-state index in [-0.39, 0.29) is 11.7 Å². The highest BCUT2D eigenvalue weighted by molar-refractivity contribution is 6.30. The zero-order valence-corrected chi connectivity index (χ0v) is 17.0. The molecule has 4 aromatic rings. The minimum atomic E-state index is -0.289. The lowest BCUT2D eigenvalue weighted by molar-refractivity contribution is -0.134. The Morgan fingerprint density at radius 2 is 1.60 bits per heavy atom. The average molecular weight is 419 g/mol. The van der Waals surface area contributed by atoms with Gasteiger partial charge in [0.15, 0.2) is 0 Å². The molecule has 1 N–H and O–H groups in total. The summed E-state index contributed by atoms with van der Waals surface area (Å²) in [6, 6.07) is 23.5. The quantitative estimate of drug-likeness (QED) is 0.281. The van der Waals surface area contributed by atoms with Crippen LogP contribution in [-0.2, 0) is 4.79 Å². The molecule has 0 spiro atoms. The van der Waals surface area contributed by atoms with Crippen LogP contribution in [0, 0.1) is 0 Å². The Labute approximate surface area is 179 Å². The first-order valence-electron chi connectivity index (χ1n) is 9.54. The second-order valence-corrected chi connectivity index (χ2v) is 7.19. The van der Waals surface area contributed by atoms with E-state index in [1.54, 1.807) is 43.3 Å². The van der Waals surface area contributed by atoms with Crippen LogP contribution in [0.4, 0.5) is 0 Å². The topological polar surface area (TPSA) is 55.8 Å². The smallest absolute Gasteiger partial charge is 0.310 e. The van der Waals surface area contributed by atoms with Crippen molar-refractivity contribution < 1.29 is 19.4 Å². The normalized spacial score (nSPS) is 10.7. The van der Waals surface area contributed by atoms with E-state index in [2.05, 4.69) is 0 Å². The van der Waals surface area contributed by atoms with Crippen LogP contribution in [0.2, 0.25) is 5.02 Å². The Kier molecular flexibility index (Phi) is 5.59. The van der Waals surface area contributed by atoms with Crippen molar-refractivity contribution in [1.29, 1.82) is 0 Å². The zero-order valence-electron chi connectivity index (χ0n) is 16.3. The van der Waals surface area contributed by atoms with Gasteiger partial charge in [-0.3, -0.25) is 4.79 Å². The minimum absolute atomic E-state index is 0.190. The van der Waals surface area contributed by atoms with Crippen LogP contribution >= 0.6 is 11.6 Å². The number of esters is 1. The summed E-state index contributed by atoms with van der Waals surface area (Å²) in [6.07, 6.45) is 0.311. The summed E-state index contributed by atoms with van der Waals surface area (Å²) in [5.74, 6) is 1.63. The summed E-state index contributed by atoms with van der Waals surface area (Å²) in [4.78, 5) is 11.5. The number of hydrogen-bond acceptors (Lipinski definition) is 4. The molecular formula is C25H19ClO4. The average Bonchev–Trinajstić information content (AvgIpc) is 2.75. The van der Waals surface area contributed by atoms with Gasteiger partial charge in [-0.1, -0.05) is 36.7 Å². The van der Waals surface area contributed by atoms with Crippen LogP contribution in [0.3, 0.4) is 0 Å². The first kappa shape index (κ1) is 19.8. The minimum Gasteiger partial charge on any atom is -0.508 e. The molecule has 4 aromatic carbocycles. The Morgan fingerprint density at radius 3 is 2.30 bits per heavy atom.